The molecule has 30 heavy (non-hydrogen) atoms. The van der Waals surface area contributed by atoms with Crippen molar-refractivity contribution in [1.82, 2.24) is 0 Å². The molecule has 0 aliphatic heterocycles. The van der Waals surface area contributed by atoms with Gasteiger partial charge < -0.3 is 20.4 Å². The Morgan fingerprint density at radius 1 is 0.967 bits per heavy atom. The van der Waals surface area contributed by atoms with Crippen LogP contribution in [0.4, 0.5) is 0 Å². The van der Waals surface area contributed by atoms with Crippen LogP contribution in [0.3, 0.4) is 0 Å². The Hall–Kier alpha value is -2.95. The average Bonchev–Trinajstić information content (AvgIpc) is 3.65. The van der Waals surface area contributed by atoms with Crippen molar-refractivity contribution in [2.24, 2.45) is 5.73 Å². The van der Waals surface area contributed by atoms with E-state index in [0.717, 1.165) is 35.8 Å². The quantitative estimate of drug-likeness (QED) is 0.539. The van der Waals surface area contributed by atoms with Gasteiger partial charge in [0, 0.05) is 25.6 Å². The number of nitrogens with two attached hydrogens (primary N) is 1. The lowest BCUT2D eigenvalue weighted by molar-refractivity contribution is -0.107. The zero-order valence-electron chi connectivity index (χ0n) is 17.4. The number of aldehydes is 1. The van der Waals surface area contributed by atoms with Gasteiger partial charge >= 0.3 is 0 Å². The molecule has 0 spiro atoms. The Bertz CT molecular complexity index is 980. The van der Waals surface area contributed by atoms with E-state index in [4.69, 9.17) is 15.6 Å². The highest BCUT2D eigenvalue weighted by Gasteiger charge is 2.24. The molecule has 0 atom stereocenters. The maximum absolute atomic E-state index is 10.9. The van der Waals surface area contributed by atoms with Gasteiger partial charge in [0.1, 0.15) is 18.6 Å². The highest BCUT2D eigenvalue weighted by Crippen LogP contribution is 2.42. The van der Waals surface area contributed by atoms with Gasteiger partial charge in [0.15, 0.2) is 0 Å². The maximum atomic E-state index is 10.9. The van der Waals surface area contributed by atoms with Crippen LogP contribution in [0, 0.1) is 0 Å². The van der Waals surface area contributed by atoms with Gasteiger partial charge in [-0.2, -0.15) is 0 Å². The number of aliphatic hydroxyl groups excluding tert-OH is 1. The summed E-state index contributed by atoms with van der Waals surface area (Å²) in [4.78, 5) is 10.9. The lowest BCUT2D eigenvalue weighted by Crippen LogP contribution is -2.01. The molecule has 0 aromatic heterocycles. The molecule has 156 valence electrons. The van der Waals surface area contributed by atoms with E-state index >= 15 is 0 Å². The standard InChI is InChI=1S/C25H25NO2.CH4O/c26-16-18-4-3-6-22(12-18)24-14-19(13-23(15-24)20-8-9-20)17-28-25-7-2-1-5-21(25)10-11-27;1-2/h1-7,11-15,20H,8-10,16-17,26H2;2H,1H3. The van der Waals surface area contributed by atoms with Crippen molar-refractivity contribution < 1.29 is 14.6 Å². The Morgan fingerprint density at radius 3 is 2.47 bits per heavy atom. The van der Waals surface area contributed by atoms with Crippen molar-refractivity contribution in [3.63, 3.8) is 0 Å². The van der Waals surface area contributed by atoms with Crippen LogP contribution in [0.15, 0.2) is 66.7 Å². The Kier molecular flexibility index (Phi) is 7.77. The number of hydrogen-bond donors (Lipinski definition) is 2. The monoisotopic (exact) mass is 403 g/mol. The van der Waals surface area contributed by atoms with E-state index in [-0.39, 0.29) is 0 Å². The summed E-state index contributed by atoms with van der Waals surface area (Å²) in [6.45, 7) is 1.03. The van der Waals surface area contributed by atoms with Crippen molar-refractivity contribution in [3.05, 3.63) is 89.0 Å². The van der Waals surface area contributed by atoms with Crippen molar-refractivity contribution in [3.8, 4) is 16.9 Å². The van der Waals surface area contributed by atoms with Gasteiger partial charge in [-0.1, -0.05) is 48.5 Å². The fraction of sp³-hybridized carbons (Fsp3) is 0.269. The second-order valence-electron chi connectivity index (χ2n) is 7.41. The molecule has 0 heterocycles. The summed E-state index contributed by atoms with van der Waals surface area (Å²) < 4.78 is 6.09. The Labute approximate surface area is 178 Å². The van der Waals surface area contributed by atoms with E-state index in [2.05, 4.69) is 42.5 Å². The first kappa shape index (κ1) is 21.8. The van der Waals surface area contributed by atoms with E-state index in [0.29, 0.717) is 25.5 Å². The molecule has 1 aliphatic carbocycles. The fourth-order valence-electron chi connectivity index (χ4n) is 3.56. The highest BCUT2D eigenvalue weighted by atomic mass is 16.5. The zero-order valence-corrected chi connectivity index (χ0v) is 17.4. The third-order valence-electron chi connectivity index (χ3n) is 5.23. The number of carbonyl (C=O) groups is 1. The predicted molar refractivity (Wildman–Crippen MR) is 120 cm³/mol. The van der Waals surface area contributed by atoms with E-state index < -0.39 is 0 Å². The molecule has 1 fully saturated rings. The smallest absolute Gasteiger partial charge is 0.124 e. The molecule has 0 saturated heterocycles. The van der Waals surface area contributed by atoms with Gasteiger partial charge in [0.25, 0.3) is 0 Å². The van der Waals surface area contributed by atoms with Gasteiger partial charge in [0.05, 0.1) is 0 Å². The average molecular weight is 404 g/mol. The van der Waals surface area contributed by atoms with Crippen LogP contribution >= 0.6 is 0 Å². The minimum atomic E-state index is 0.370. The first-order valence-electron chi connectivity index (χ1n) is 10.3. The number of aliphatic hydroxyl groups is 1. The van der Waals surface area contributed by atoms with Gasteiger partial charge in [-0.05, 0) is 64.8 Å². The van der Waals surface area contributed by atoms with Crippen molar-refractivity contribution in [1.29, 1.82) is 0 Å². The molecule has 3 aromatic rings. The molecule has 1 saturated carbocycles. The van der Waals surface area contributed by atoms with Crippen molar-refractivity contribution >= 4 is 6.29 Å². The molecule has 4 rings (SSSR count). The summed E-state index contributed by atoms with van der Waals surface area (Å²) >= 11 is 0. The molecule has 0 amide bonds. The van der Waals surface area contributed by atoms with Crippen LogP contribution in [-0.2, 0) is 24.4 Å². The summed E-state index contributed by atoms with van der Waals surface area (Å²) in [5.74, 6) is 1.44. The number of benzene rings is 3. The molecular formula is C26H29NO3. The second-order valence-corrected chi connectivity index (χ2v) is 7.41. The zero-order chi connectivity index (χ0) is 21.3. The molecule has 4 nitrogen and oxygen atoms in total. The van der Waals surface area contributed by atoms with E-state index in [1.165, 1.54) is 29.5 Å². The van der Waals surface area contributed by atoms with Gasteiger partial charge in [-0.25, -0.2) is 0 Å². The summed E-state index contributed by atoms with van der Waals surface area (Å²) in [5.41, 5.74) is 12.8. The van der Waals surface area contributed by atoms with Crippen LogP contribution < -0.4 is 10.5 Å². The van der Waals surface area contributed by atoms with E-state index in [1.807, 2.05) is 24.3 Å². The first-order valence-corrected chi connectivity index (χ1v) is 10.3. The molecule has 1 aliphatic rings. The lowest BCUT2D eigenvalue weighted by Gasteiger charge is -2.13. The molecule has 3 N–H and O–H groups in total. The third kappa shape index (κ3) is 5.56. The minimum absolute atomic E-state index is 0.370. The summed E-state index contributed by atoms with van der Waals surface area (Å²) in [7, 11) is 1.00. The van der Waals surface area contributed by atoms with Crippen LogP contribution in [0.2, 0.25) is 0 Å². The van der Waals surface area contributed by atoms with Gasteiger partial charge in [-0.3, -0.25) is 0 Å². The third-order valence-corrected chi connectivity index (χ3v) is 5.23. The number of hydrogen-bond acceptors (Lipinski definition) is 4. The largest absolute Gasteiger partial charge is 0.489 e. The minimum Gasteiger partial charge on any atom is -0.489 e. The van der Waals surface area contributed by atoms with Crippen molar-refractivity contribution in [2.75, 3.05) is 7.11 Å². The van der Waals surface area contributed by atoms with Crippen LogP contribution in [0.5, 0.6) is 5.75 Å². The van der Waals surface area contributed by atoms with Gasteiger partial charge in [-0.15, -0.1) is 0 Å². The second kappa shape index (κ2) is 10.7. The summed E-state index contributed by atoms with van der Waals surface area (Å²) in [5, 5.41) is 7.00. The predicted octanol–water partition coefficient (Wildman–Crippen LogP) is 4.62. The van der Waals surface area contributed by atoms with Crippen LogP contribution in [0.25, 0.3) is 11.1 Å². The molecule has 0 radical (unpaired) electrons. The number of para-hydroxylation sites is 1. The van der Waals surface area contributed by atoms with Crippen molar-refractivity contribution in [2.45, 2.75) is 38.3 Å². The highest BCUT2D eigenvalue weighted by molar-refractivity contribution is 5.66. The molecule has 3 aromatic carbocycles. The molecule has 0 bridgehead atoms. The number of rotatable bonds is 8. The summed E-state index contributed by atoms with van der Waals surface area (Å²) in [6, 6.07) is 22.9. The lowest BCUT2D eigenvalue weighted by atomic mass is 9.97. The Morgan fingerprint density at radius 2 is 1.73 bits per heavy atom. The SMILES string of the molecule is CO.NCc1cccc(-c2cc(COc3ccccc3CC=O)cc(C3CC3)c2)c1. The Balaban J connectivity index is 0.00000124. The van der Waals surface area contributed by atoms with Crippen LogP contribution in [0.1, 0.15) is 41.0 Å². The number of carbonyl (C=O) groups excluding carboxylic acids is 1. The molecular weight excluding hydrogens is 374 g/mol. The number of ether oxygens (including phenoxy) is 1. The first-order chi connectivity index (χ1) is 14.8. The topological polar surface area (TPSA) is 72.6 Å². The molecule has 4 heteroatoms. The molecule has 0 unspecified atom stereocenters. The maximum Gasteiger partial charge on any atom is 0.124 e. The fourth-order valence-corrected chi connectivity index (χ4v) is 3.56. The summed E-state index contributed by atoms with van der Waals surface area (Å²) in [6.07, 6.45) is 3.80. The van der Waals surface area contributed by atoms with E-state index in [1.54, 1.807) is 0 Å². The van der Waals surface area contributed by atoms with E-state index in [9.17, 15) is 4.79 Å². The van der Waals surface area contributed by atoms with Crippen LogP contribution in [-0.4, -0.2) is 18.5 Å². The normalized spacial score (nSPS) is 12.6. The van der Waals surface area contributed by atoms with Gasteiger partial charge in [0.2, 0.25) is 0 Å².